The van der Waals surface area contributed by atoms with Crippen LogP contribution in [0.3, 0.4) is 0 Å². The van der Waals surface area contributed by atoms with E-state index in [1.165, 1.54) is 21.5 Å². The van der Waals surface area contributed by atoms with Crippen LogP contribution in [0.15, 0.2) is 224 Å². The summed E-state index contributed by atoms with van der Waals surface area (Å²) in [6.45, 7) is 0. The van der Waals surface area contributed by atoms with Gasteiger partial charge in [0.1, 0.15) is 0 Å². The van der Waals surface area contributed by atoms with Gasteiger partial charge in [-0.15, -0.1) is 0 Å². The number of nitriles is 2. The molecule has 0 unspecified atom stereocenters. The van der Waals surface area contributed by atoms with Crippen LogP contribution in [0.25, 0.3) is 116 Å². The average Bonchev–Trinajstić information content (AvgIpc) is 4.04. The van der Waals surface area contributed by atoms with E-state index in [1.54, 1.807) is 12.1 Å². The molecule has 0 fully saturated rings. The van der Waals surface area contributed by atoms with E-state index in [0.717, 1.165) is 94.3 Å². The molecule has 3 aromatic heterocycles. The zero-order chi connectivity index (χ0) is 44.6. The Labute approximate surface area is 386 Å². The number of aromatic nitrogens is 3. The van der Waals surface area contributed by atoms with Crippen LogP contribution >= 0.6 is 0 Å². The molecule has 0 saturated heterocycles. The third-order valence-corrected chi connectivity index (χ3v) is 13.5. The maximum atomic E-state index is 10.6. The van der Waals surface area contributed by atoms with Crippen LogP contribution in [0, 0.1) is 22.7 Å². The second-order valence-corrected chi connectivity index (χ2v) is 17.1. The fraction of sp³-hybridized carbons (Fsp3) is 0. The molecule has 13 aromatic rings. The first kappa shape index (κ1) is 38.1. The molecule has 0 amide bonds. The lowest BCUT2D eigenvalue weighted by atomic mass is 9.84. The molecule has 3 heterocycles. The maximum absolute atomic E-state index is 10.6. The van der Waals surface area contributed by atoms with E-state index in [1.807, 2.05) is 18.2 Å². The van der Waals surface area contributed by atoms with Gasteiger partial charge in [0.05, 0.1) is 56.4 Å². The number of hydrogen-bond acceptors (Lipinski definition) is 2. The number of hydrogen-bond donors (Lipinski definition) is 0. The SMILES string of the molecule is N#Cc1ccc(C#N)c(-c2c(-c3ccccc3)cc(-n3c4ccc(-n5c6ccccc6c6ccccc65)cc4c4cc(-n5c6ccccc6c6ccccc65)ccc43)cc2-c2ccccc2)c1. The molecule has 0 bridgehead atoms. The highest BCUT2D eigenvalue weighted by Crippen LogP contribution is 2.46. The summed E-state index contributed by atoms with van der Waals surface area (Å²) in [6.07, 6.45) is 0. The Morgan fingerprint density at radius 3 is 1.09 bits per heavy atom. The molecular formula is C62H37N5. The summed E-state index contributed by atoms with van der Waals surface area (Å²) < 4.78 is 7.18. The summed E-state index contributed by atoms with van der Waals surface area (Å²) in [6, 6.07) is 83.8. The van der Waals surface area contributed by atoms with E-state index in [0.29, 0.717) is 11.1 Å². The fourth-order valence-corrected chi connectivity index (χ4v) is 10.6. The quantitative estimate of drug-likeness (QED) is 0.167. The van der Waals surface area contributed by atoms with Crippen LogP contribution in [0.4, 0.5) is 0 Å². The van der Waals surface area contributed by atoms with Crippen LogP contribution in [0.5, 0.6) is 0 Å². The minimum Gasteiger partial charge on any atom is -0.309 e. The number of rotatable bonds is 6. The molecule has 0 aliphatic heterocycles. The van der Waals surface area contributed by atoms with Crippen molar-refractivity contribution in [3.05, 3.63) is 236 Å². The van der Waals surface area contributed by atoms with Gasteiger partial charge in [0.15, 0.2) is 0 Å². The molecule has 0 radical (unpaired) electrons. The molecule has 0 atom stereocenters. The standard InChI is InChI=1S/C62H37N5/c63-38-40-27-28-43(39-64)51(33-40)62-52(41-15-3-1-4-16-41)36-46(37-53(62)42-17-5-2-6-18-42)67-60-31-29-44(65-56-23-11-7-19-47(56)48-20-8-12-24-57(48)65)34-54(60)55-35-45(30-32-61(55)67)66-58-25-13-9-21-49(58)50-22-10-14-26-59(50)66/h1-37H. The molecule has 0 N–H and O–H groups in total. The molecule has 0 spiro atoms. The number of para-hydroxylation sites is 4. The Kier molecular flexibility index (Phi) is 8.58. The summed E-state index contributed by atoms with van der Waals surface area (Å²) in [4.78, 5) is 0. The van der Waals surface area contributed by atoms with Crippen molar-refractivity contribution in [2.24, 2.45) is 0 Å². The van der Waals surface area contributed by atoms with Crippen LogP contribution in [-0.2, 0) is 0 Å². The van der Waals surface area contributed by atoms with Crippen LogP contribution in [0.1, 0.15) is 11.1 Å². The lowest BCUT2D eigenvalue weighted by molar-refractivity contribution is 1.16. The third kappa shape index (κ3) is 5.86. The van der Waals surface area contributed by atoms with Gasteiger partial charge in [-0.2, -0.15) is 10.5 Å². The Morgan fingerprint density at radius 2 is 0.672 bits per heavy atom. The van der Waals surface area contributed by atoms with Gasteiger partial charge in [-0.05, 0) is 119 Å². The van der Waals surface area contributed by atoms with Crippen molar-refractivity contribution in [2.75, 3.05) is 0 Å². The van der Waals surface area contributed by atoms with Crippen LogP contribution < -0.4 is 0 Å². The zero-order valence-electron chi connectivity index (χ0n) is 36.1. The lowest BCUT2D eigenvalue weighted by Gasteiger charge is -2.21. The second kappa shape index (κ2) is 15.1. The summed E-state index contributed by atoms with van der Waals surface area (Å²) in [7, 11) is 0. The predicted octanol–water partition coefficient (Wildman–Crippen LogP) is 15.7. The molecular weight excluding hydrogens is 815 g/mol. The van der Waals surface area contributed by atoms with E-state index < -0.39 is 0 Å². The highest BCUT2D eigenvalue weighted by Gasteiger charge is 2.23. The van der Waals surface area contributed by atoms with Gasteiger partial charge < -0.3 is 13.7 Å². The fourth-order valence-electron chi connectivity index (χ4n) is 10.6. The molecule has 5 heteroatoms. The summed E-state index contributed by atoms with van der Waals surface area (Å²) in [5.74, 6) is 0. The van der Waals surface area contributed by atoms with Crippen molar-refractivity contribution in [1.29, 1.82) is 10.5 Å². The van der Waals surface area contributed by atoms with E-state index in [4.69, 9.17) is 0 Å². The first-order valence-corrected chi connectivity index (χ1v) is 22.5. The smallest absolute Gasteiger partial charge is 0.0998 e. The van der Waals surface area contributed by atoms with Crippen LogP contribution in [0.2, 0.25) is 0 Å². The Balaban J connectivity index is 1.15. The molecule has 13 rings (SSSR count). The third-order valence-electron chi connectivity index (χ3n) is 13.5. The van der Waals surface area contributed by atoms with E-state index in [9.17, 15) is 10.5 Å². The van der Waals surface area contributed by atoms with E-state index >= 15 is 0 Å². The summed E-state index contributed by atoms with van der Waals surface area (Å²) >= 11 is 0. The second-order valence-electron chi connectivity index (χ2n) is 17.1. The maximum Gasteiger partial charge on any atom is 0.0998 e. The molecule has 0 aliphatic rings. The van der Waals surface area contributed by atoms with Crippen molar-refractivity contribution in [3.63, 3.8) is 0 Å². The minimum atomic E-state index is 0.497. The average molecular weight is 852 g/mol. The monoisotopic (exact) mass is 851 g/mol. The molecule has 10 aromatic carbocycles. The van der Waals surface area contributed by atoms with E-state index in [2.05, 4.69) is 220 Å². The number of benzene rings is 10. The van der Waals surface area contributed by atoms with Gasteiger partial charge in [0.2, 0.25) is 0 Å². The molecule has 67 heavy (non-hydrogen) atoms. The zero-order valence-corrected chi connectivity index (χ0v) is 36.1. The van der Waals surface area contributed by atoms with Crippen molar-refractivity contribution in [2.45, 2.75) is 0 Å². The highest BCUT2D eigenvalue weighted by molar-refractivity contribution is 6.14. The van der Waals surface area contributed by atoms with Gasteiger partial charge >= 0.3 is 0 Å². The summed E-state index contributed by atoms with van der Waals surface area (Å²) in [5.41, 5.74) is 16.5. The first-order chi connectivity index (χ1) is 33.2. The normalized spacial score (nSPS) is 11.6. The Morgan fingerprint density at radius 1 is 0.284 bits per heavy atom. The largest absolute Gasteiger partial charge is 0.309 e. The van der Waals surface area contributed by atoms with Crippen LogP contribution in [-0.4, -0.2) is 13.7 Å². The molecule has 0 saturated carbocycles. The van der Waals surface area contributed by atoms with Crippen molar-refractivity contribution < 1.29 is 0 Å². The first-order valence-electron chi connectivity index (χ1n) is 22.5. The van der Waals surface area contributed by atoms with Gasteiger partial charge in [-0.1, -0.05) is 133 Å². The van der Waals surface area contributed by atoms with E-state index in [-0.39, 0.29) is 0 Å². The molecule has 310 valence electrons. The number of fused-ring (bicyclic) bond motifs is 9. The van der Waals surface area contributed by atoms with Gasteiger partial charge in [-0.3, -0.25) is 0 Å². The van der Waals surface area contributed by atoms with Gasteiger partial charge in [0.25, 0.3) is 0 Å². The lowest BCUT2D eigenvalue weighted by Crippen LogP contribution is -2.00. The Bertz CT molecular complexity index is 3890. The van der Waals surface area contributed by atoms with Crippen molar-refractivity contribution in [3.8, 4) is 62.6 Å². The highest BCUT2D eigenvalue weighted by atomic mass is 15.0. The number of nitrogens with zero attached hydrogens (tertiary/aromatic N) is 5. The van der Waals surface area contributed by atoms with Crippen molar-refractivity contribution >= 4 is 65.4 Å². The minimum absolute atomic E-state index is 0.497. The van der Waals surface area contributed by atoms with Gasteiger partial charge in [0, 0.05) is 54.9 Å². The predicted molar refractivity (Wildman–Crippen MR) is 275 cm³/mol. The van der Waals surface area contributed by atoms with Crippen molar-refractivity contribution in [1.82, 2.24) is 13.7 Å². The summed E-state index contributed by atoms with van der Waals surface area (Å²) in [5, 5.41) is 27.8. The molecule has 0 aliphatic carbocycles. The topological polar surface area (TPSA) is 62.4 Å². The van der Waals surface area contributed by atoms with Gasteiger partial charge in [-0.25, -0.2) is 0 Å². The Hall–Kier alpha value is -9.42. The molecule has 5 nitrogen and oxygen atoms in total.